The summed E-state index contributed by atoms with van der Waals surface area (Å²) in [7, 11) is -4.19. The summed E-state index contributed by atoms with van der Waals surface area (Å²) in [5.41, 5.74) is 23.1. The normalized spacial score (nSPS) is 12.1. The molecule has 7 aromatic rings. The molecule has 69 heavy (non-hydrogen) atoms. The zero-order chi connectivity index (χ0) is 48.0. The second-order valence-corrected chi connectivity index (χ2v) is 22.9. The molecule has 2 aliphatic rings. The van der Waals surface area contributed by atoms with Crippen LogP contribution in [-0.2, 0) is 47.6 Å². The molecule has 4 nitrogen and oxygen atoms in total. The largest absolute Gasteiger partial charge is 2.00 e. The van der Waals surface area contributed by atoms with Crippen LogP contribution in [0, 0.1) is 12.2 Å². The van der Waals surface area contributed by atoms with Crippen LogP contribution in [0.3, 0.4) is 0 Å². The van der Waals surface area contributed by atoms with Gasteiger partial charge >= 0.3 is 37.5 Å². The summed E-state index contributed by atoms with van der Waals surface area (Å²) in [6, 6.07) is 61.4. The molecule has 0 aliphatic heterocycles. The molecule has 9 rings (SSSR count). The number of hydrogen-bond donors (Lipinski definition) is 0. The Bertz CT molecular complexity index is 2860. The smallest absolute Gasteiger partial charge is 0.803 e. The Kier molecular flexibility index (Phi) is 20.8. The predicted molar refractivity (Wildman–Crippen MR) is 282 cm³/mol. The van der Waals surface area contributed by atoms with Gasteiger partial charge in [-0.2, -0.15) is 0 Å². The SMILES string of the molecule is CC(C)(C)P(C1=C=C=C=[C-]1)C(C)(C)C.CS(=O)(=O)[O-].[Fe+2].[N-]=c1cccc[c-]1C1=CC=CC=[C+]1.[Pd+2].c1ccc(-c2c(-c3ccccc3)c(-c3ccccc3)[c-](-c3ccccc3)c2-c2ccccc2)cc1. The fourth-order valence-electron chi connectivity index (χ4n) is 8.36. The third-order valence-electron chi connectivity index (χ3n) is 10.5. The van der Waals surface area contributed by atoms with Gasteiger partial charge in [0.2, 0.25) is 0 Å². The minimum atomic E-state index is -3.92. The minimum Gasteiger partial charge on any atom is -0.803 e. The van der Waals surface area contributed by atoms with E-state index in [1.807, 2.05) is 42.5 Å². The van der Waals surface area contributed by atoms with E-state index in [-0.39, 0.29) is 55.7 Å². The summed E-state index contributed by atoms with van der Waals surface area (Å²) in [5, 5.41) is 11.6. The van der Waals surface area contributed by atoms with Gasteiger partial charge in [-0.05, 0) is 39.2 Å². The Labute approximate surface area is 435 Å². The van der Waals surface area contributed by atoms with Crippen LogP contribution in [0.1, 0.15) is 47.1 Å². The van der Waals surface area contributed by atoms with Crippen LogP contribution in [0.15, 0.2) is 223 Å². The van der Waals surface area contributed by atoms with Crippen molar-refractivity contribution < 1.29 is 50.5 Å². The van der Waals surface area contributed by atoms with Crippen LogP contribution < -0.4 is 5.36 Å². The third kappa shape index (κ3) is 15.6. The maximum atomic E-state index is 9.54. The molecule has 0 fully saturated rings. The first-order chi connectivity index (χ1) is 32.0. The quantitative estimate of drug-likeness (QED) is 0.0524. The van der Waals surface area contributed by atoms with Crippen molar-refractivity contribution in [2.24, 2.45) is 0 Å². The van der Waals surface area contributed by atoms with Crippen LogP contribution >= 0.6 is 7.92 Å². The molecule has 0 amide bonds. The van der Waals surface area contributed by atoms with Gasteiger partial charge in [-0.25, -0.2) is 14.1 Å². The maximum absolute atomic E-state index is 9.54. The van der Waals surface area contributed by atoms with Crippen molar-refractivity contribution in [1.82, 2.24) is 0 Å². The summed E-state index contributed by atoms with van der Waals surface area (Å²) in [4.78, 5) is 0. The molecule has 0 aromatic heterocycles. The first-order valence-corrected chi connectivity index (χ1v) is 25.2. The average molecular weight is 1070 g/mol. The molecule has 0 radical (unpaired) electrons. The van der Waals surface area contributed by atoms with Gasteiger partial charge in [0.05, 0.1) is 10.1 Å². The standard InChI is InChI=1S/C35H25.C13H18P.C12H8N.CH4O3S.Fe.Pd/c1-6-16-26(17-7-1)31-32(27-18-8-2-9-19-27)34(29-22-12-4-13-23-29)35(30-24-14-5-15-25-30)33(31)28-20-10-3-11-21-28;1-12(2,3)14(13(4,5)6)11-9-7-8-10-11;13-12-9-5-4-8-11(12)10-6-2-1-3-7-10;1-5(2,3)4;;/h1-25H;1-6H3;1-6,8-9H;1H3,(H,2,3,4);;/q3*-1;;2*+2/p-1. The number of allylic oxidation sites excluding steroid dienone is 8. The zero-order valence-electron chi connectivity index (χ0n) is 39.7. The van der Waals surface area contributed by atoms with Gasteiger partial charge < -0.3 is 9.96 Å². The molecule has 0 bridgehead atoms. The molecule has 0 atom stereocenters. The van der Waals surface area contributed by atoms with Gasteiger partial charge in [-0.1, -0.05) is 282 Å². The molecule has 350 valence electrons. The Hall–Kier alpha value is -5.80. The molecule has 0 saturated carbocycles. The van der Waals surface area contributed by atoms with E-state index in [4.69, 9.17) is 13.0 Å². The van der Waals surface area contributed by atoms with Crippen LogP contribution in [0.4, 0.5) is 0 Å². The topological polar surface area (TPSA) is 79.5 Å². The number of benzene rings is 6. The molecular formula is C61H54FeNO3PPdS. The van der Waals surface area contributed by atoms with E-state index in [1.165, 1.54) is 60.9 Å². The molecule has 0 unspecified atom stereocenters. The van der Waals surface area contributed by atoms with Crippen molar-refractivity contribution in [3.8, 4) is 55.6 Å². The first-order valence-electron chi connectivity index (χ1n) is 22.0. The molecule has 0 spiro atoms. The van der Waals surface area contributed by atoms with E-state index >= 15 is 0 Å². The van der Waals surface area contributed by atoms with Crippen molar-refractivity contribution in [3.63, 3.8) is 0 Å². The molecule has 7 aromatic carbocycles. The van der Waals surface area contributed by atoms with Crippen molar-refractivity contribution in [2.75, 3.05) is 6.26 Å². The number of hydrogen-bond acceptors (Lipinski definition) is 3. The number of nitrogens with zero attached hydrogens (tertiary/aromatic N) is 1. The predicted octanol–water partition coefficient (Wildman–Crippen LogP) is 15.3. The summed E-state index contributed by atoms with van der Waals surface area (Å²) >= 11 is 0. The molecule has 0 heterocycles. The molecule has 8 heteroatoms. The van der Waals surface area contributed by atoms with Gasteiger partial charge in [-0.15, -0.1) is 22.8 Å². The summed E-state index contributed by atoms with van der Waals surface area (Å²) in [6.45, 7) is 13.7. The van der Waals surface area contributed by atoms with Gasteiger partial charge in [0, 0.05) is 11.8 Å². The van der Waals surface area contributed by atoms with Crippen LogP contribution in [-0.4, -0.2) is 29.5 Å². The van der Waals surface area contributed by atoms with Crippen molar-refractivity contribution >= 4 is 23.6 Å². The van der Waals surface area contributed by atoms with Gasteiger partial charge in [0.15, 0.2) is 0 Å². The molecule has 2 aliphatic carbocycles. The molecule has 0 N–H and O–H groups in total. The number of rotatable bonds is 7. The van der Waals surface area contributed by atoms with Gasteiger partial charge in [-0.3, -0.25) is 11.5 Å². The van der Waals surface area contributed by atoms with Crippen molar-refractivity contribution in [2.45, 2.75) is 51.9 Å². The zero-order valence-corrected chi connectivity index (χ0v) is 44.1. The fraction of sp³-hybridized carbons (Fsp3) is 0.148. The van der Waals surface area contributed by atoms with E-state index in [1.54, 1.807) is 6.07 Å². The molecular weight excluding hydrogens is 1020 g/mol. The minimum absolute atomic E-state index is 0. The Morgan fingerprint density at radius 1 is 0.623 bits per heavy atom. The van der Waals surface area contributed by atoms with Crippen LogP contribution in [0.25, 0.3) is 66.6 Å². The van der Waals surface area contributed by atoms with Crippen molar-refractivity contribution in [1.29, 1.82) is 0 Å². The second kappa shape index (κ2) is 25.7. The molecule has 0 saturated heterocycles. The Balaban J connectivity index is 0.000000251. The average Bonchev–Trinajstić information content (AvgIpc) is 3.97. The monoisotopic (exact) mass is 1070 g/mol. The van der Waals surface area contributed by atoms with E-state index in [0.717, 1.165) is 11.1 Å². The Morgan fingerprint density at radius 2 is 1.03 bits per heavy atom. The van der Waals surface area contributed by atoms with Gasteiger partial charge in [0.1, 0.15) is 0 Å². The third-order valence-corrected chi connectivity index (χ3v) is 13.8. The van der Waals surface area contributed by atoms with E-state index in [2.05, 4.69) is 223 Å². The summed E-state index contributed by atoms with van der Waals surface area (Å²) in [5.74, 6) is 0. The second-order valence-electron chi connectivity index (χ2n) is 17.7. The van der Waals surface area contributed by atoms with E-state index in [0.29, 0.717) is 11.6 Å². The summed E-state index contributed by atoms with van der Waals surface area (Å²) in [6.07, 6.45) is 14.4. The van der Waals surface area contributed by atoms with E-state index in [9.17, 15) is 5.41 Å². The first kappa shape index (κ1) is 55.8. The summed E-state index contributed by atoms with van der Waals surface area (Å²) < 4.78 is 27.2. The van der Waals surface area contributed by atoms with E-state index < -0.39 is 10.1 Å². The van der Waals surface area contributed by atoms with Crippen LogP contribution in [0.2, 0.25) is 0 Å². The Morgan fingerprint density at radius 3 is 1.39 bits per heavy atom. The van der Waals surface area contributed by atoms with Crippen LogP contribution in [0.5, 0.6) is 0 Å². The van der Waals surface area contributed by atoms with Gasteiger partial charge in [0.25, 0.3) is 0 Å². The maximum Gasteiger partial charge on any atom is 2.00 e. The van der Waals surface area contributed by atoms with Crippen molar-refractivity contribution in [3.05, 3.63) is 251 Å². The fourth-order valence-corrected chi connectivity index (χ4v) is 12.0.